The minimum Gasteiger partial charge on any atom is -0.300 e. The van der Waals surface area contributed by atoms with E-state index in [-0.39, 0.29) is 6.04 Å². The van der Waals surface area contributed by atoms with Crippen molar-refractivity contribution in [2.24, 2.45) is 4.99 Å². The SMILES string of the molecule is CC1=Nc2nc3ccccc3n2C(c2ccccc2)C1. The maximum Gasteiger partial charge on any atom is 0.231 e. The lowest BCUT2D eigenvalue weighted by Crippen LogP contribution is -2.17. The Balaban J connectivity index is 1.99. The highest BCUT2D eigenvalue weighted by Gasteiger charge is 2.24. The van der Waals surface area contributed by atoms with Crippen molar-refractivity contribution in [3.8, 4) is 0 Å². The molecule has 0 aliphatic carbocycles. The number of benzene rings is 2. The van der Waals surface area contributed by atoms with E-state index < -0.39 is 0 Å². The number of fused-ring (bicyclic) bond motifs is 3. The molecule has 3 aromatic rings. The zero-order valence-electron chi connectivity index (χ0n) is 11.3. The highest BCUT2D eigenvalue weighted by atomic mass is 15.2. The van der Waals surface area contributed by atoms with Crippen molar-refractivity contribution in [3.05, 3.63) is 60.2 Å². The molecular weight excluding hydrogens is 246 g/mol. The number of hydrogen-bond donors (Lipinski definition) is 0. The Kier molecular flexibility index (Phi) is 2.46. The van der Waals surface area contributed by atoms with Gasteiger partial charge in [-0.25, -0.2) is 9.98 Å². The number of aliphatic imine (C=N–C) groups is 1. The largest absolute Gasteiger partial charge is 0.300 e. The fraction of sp³-hybridized carbons (Fsp3) is 0.176. The van der Waals surface area contributed by atoms with Crippen LogP contribution in [0.3, 0.4) is 0 Å². The number of aromatic nitrogens is 2. The van der Waals surface area contributed by atoms with Gasteiger partial charge in [0, 0.05) is 12.1 Å². The van der Waals surface area contributed by atoms with Crippen LogP contribution in [-0.2, 0) is 0 Å². The van der Waals surface area contributed by atoms with Crippen molar-refractivity contribution in [3.63, 3.8) is 0 Å². The number of hydrogen-bond acceptors (Lipinski definition) is 2. The Morgan fingerprint density at radius 1 is 1.00 bits per heavy atom. The summed E-state index contributed by atoms with van der Waals surface area (Å²) in [5, 5.41) is 0. The van der Waals surface area contributed by atoms with Crippen LogP contribution in [0.1, 0.15) is 24.9 Å². The second kappa shape index (κ2) is 4.30. The van der Waals surface area contributed by atoms with Crippen LogP contribution in [0.2, 0.25) is 0 Å². The van der Waals surface area contributed by atoms with E-state index in [1.54, 1.807) is 0 Å². The summed E-state index contributed by atoms with van der Waals surface area (Å²) in [6.45, 7) is 2.08. The Morgan fingerprint density at radius 3 is 2.60 bits per heavy atom. The Hall–Kier alpha value is -2.42. The summed E-state index contributed by atoms with van der Waals surface area (Å²) in [5.74, 6) is 0.823. The summed E-state index contributed by atoms with van der Waals surface area (Å²) in [6.07, 6.45) is 0.942. The topological polar surface area (TPSA) is 30.2 Å². The molecule has 1 atom stereocenters. The van der Waals surface area contributed by atoms with E-state index in [1.165, 1.54) is 5.56 Å². The predicted octanol–water partition coefficient (Wildman–Crippen LogP) is 4.12. The van der Waals surface area contributed by atoms with Gasteiger partial charge in [0.1, 0.15) is 0 Å². The third-order valence-corrected chi connectivity index (χ3v) is 3.85. The molecule has 20 heavy (non-hydrogen) atoms. The lowest BCUT2D eigenvalue weighted by molar-refractivity contribution is 0.610. The van der Waals surface area contributed by atoms with Gasteiger partial charge >= 0.3 is 0 Å². The molecule has 0 amide bonds. The van der Waals surface area contributed by atoms with E-state index in [4.69, 9.17) is 0 Å². The molecule has 0 N–H and O–H groups in total. The summed E-state index contributed by atoms with van der Waals surface area (Å²) in [5.41, 5.74) is 4.63. The zero-order valence-corrected chi connectivity index (χ0v) is 11.3. The van der Waals surface area contributed by atoms with Crippen LogP contribution in [0.5, 0.6) is 0 Å². The van der Waals surface area contributed by atoms with Crippen molar-refractivity contribution >= 4 is 22.7 Å². The average Bonchev–Trinajstić information content (AvgIpc) is 2.85. The normalized spacial score (nSPS) is 17.9. The van der Waals surface area contributed by atoms with E-state index in [1.807, 2.05) is 12.1 Å². The number of imidazole rings is 1. The Labute approximate surface area is 117 Å². The predicted molar refractivity (Wildman–Crippen MR) is 81.7 cm³/mol. The molecule has 1 aliphatic heterocycles. The molecule has 3 nitrogen and oxygen atoms in total. The van der Waals surface area contributed by atoms with Crippen LogP contribution in [-0.4, -0.2) is 15.3 Å². The van der Waals surface area contributed by atoms with E-state index in [9.17, 15) is 0 Å². The number of para-hydroxylation sites is 2. The maximum absolute atomic E-state index is 4.65. The van der Waals surface area contributed by atoms with Crippen molar-refractivity contribution in [1.82, 2.24) is 9.55 Å². The second-order valence-electron chi connectivity index (χ2n) is 5.25. The fourth-order valence-electron chi connectivity index (χ4n) is 2.95. The summed E-state index contributed by atoms with van der Waals surface area (Å²) in [7, 11) is 0. The van der Waals surface area contributed by atoms with Gasteiger partial charge in [0.25, 0.3) is 0 Å². The molecule has 0 fully saturated rings. The lowest BCUT2D eigenvalue weighted by atomic mass is 10.00. The van der Waals surface area contributed by atoms with Crippen LogP contribution in [0.15, 0.2) is 59.6 Å². The minimum atomic E-state index is 0.288. The first-order chi connectivity index (χ1) is 9.83. The first kappa shape index (κ1) is 11.4. The minimum absolute atomic E-state index is 0.288. The third kappa shape index (κ3) is 1.67. The smallest absolute Gasteiger partial charge is 0.231 e. The molecule has 0 radical (unpaired) electrons. The molecule has 0 saturated carbocycles. The number of rotatable bonds is 1. The van der Waals surface area contributed by atoms with Gasteiger partial charge in [0.05, 0.1) is 17.1 Å². The molecule has 0 saturated heterocycles. The van der Waals surface area contributed by atoms with Gasteiger partial charge in [-0.1, -0.05) is 42.5 Å². The zero-order chi connectivity index (χ0) is 13.5. The summed E-state index contributed by atoms with van der Waals surface area (Å²) >= 11 is 0. The van der Waals surface area contributed by atoms with Crippen LogP contribution in [0.25, 0.3) is 11.0 Å². The third-order valence-electron chi connectivity index (χ3n) is 3.85. The van der Waals surface area contributed by atoms with Crippen molar-refractivity contribution < 1.29 is 0 Å². The van der Waals surface area contributed by atoms with E-state index in [0.717, 1.165) is 29.1 Å². The molecule has 1 aliphatic rings. The maximum atomic E-state index is 4.65. The molecule has 3 heteroatoms. The molecule has 4 rings (SSSR count). The van der Waals surface area contributed by atoms with Crippen LogP contribution < -0.4 is 0 Å². The molecule has 2 heterocycles. The lowest BCUT2D eigenvalue weighted by Gasteiger charge is -2.24. The van der Waals surface area contributed by atoms with Crippen molar-refractivity contribution in [1.29, 1.82) is 0 Å². The van der Waals surface area contributed by atoms with Crippen LogP contribution in [0.4, 0.5) is 5.95 Å². The van der Waals surface area contributed by atoms with Crippen LogP contribution in [0, 0.1) is 0 Å². The van der Waals surface area contributed by atoms with Gasteiger partial charge in [-0.05, 0) is 24.6 Å². The summed E-state index contributed by atoms with van der Waals surface area (Å²) < 4.78 is 2.26. The highest BCUT2D eigenvalue weighted by Crippen LogP contribution is 2.35. The van der Waals surface area contributed by atoms with Gasteiger partial charge in [-0.15, -0.1) is 0 Å². The van der Waals surface area contributed by atoms with Crippen LogP contribution >= 0.6 is 0 Å². The van der Waals surface area contributed by atoms with Crippen molar-refractivity contribution in [2.45, 2.75) is 19.4 Å². The second-order valence-corrected chi connectivity index (χ2v) is 5.25. The Morgan fingerprint density at radius 2 is 1.75 bits per heavy atom. The number of nitrogens with zero attached hydrogens (tertiary/aromatic N) is 3. The van der Waals surface area contributed by atoms with Gasteiger partial charge in [0.15, 0.2) is 0 Å². The molecule has 1 aromatic heterocycles. The first-order valence-corrected chi connectivity index (χ1v) is 6.89. The molecule has 0 spiro atoms. The van der Waals surface area contributed by atoms with Gasteiger partial charge in [-0.3, -0.25) is 0 Å². The van der Waals surface area contributed by atoms with Gasteiger partial charge in [-0.2, -0.15) is 0 Å². The quantitative estimate of drug-likeness (QED) is 0.648. The first-order valence-electron chi connectivity index (χ1n) is 6.89. The van der Waals surface area contributed by atoms with E-state index in [2.05, 4.69) is 63.9 Å². The molecule has 0 bridgehead atoms. The van der Waals surface area contributed by atoms with Crippen molar-refractivity contribution in [2.75, 3.05) is 0 Å². The summed E-state index contributed by atoms with van der Waals surface area (Å²) in [6, 6.07) is 19.1. The Bertz CT molecular complexity index is 799. The molecule has 2 aromatic carbocycles. The average molecular weight is 261 g/mol. The molecular formula is C17H15N3. The highest BCUT2D eigenvalue weighted by molar-refractivity contribution is 5.88. The van der Waals surface area contributed by atoms with Gasteiger partial charge in [0.2, 0.25) is 5.95 Å². The van der Waals surface area contributed by atoms with E-state index >= 15 is 0 Å². The fourth-order valence-corrected chi connectivity index (χ4v) is 2.95. The molecule has 1 unspecified atom stereocenters. The van der Waals surface area contributed by atoms with Gasteiger partial charge < -0.3 is 4.57 Å². The molecule has 98 valence electrons. The standard InChI is InChI=1S/C17H15N3/c1-12-11-16(13-7-3-2-4-8-13)20-15-10-6-5-9-14(15)19-17(20)18-12/h2-10,16H,11H2,1H3. The monoisotopic (exact) mass is 261 g/mol. The summed E-state index contributed by atoms with van der Waals surface area (Å²) in [4.78, 5) is 9.28. The van der Waals surface area contributed by atoms with E-state index in [0.29, 0.717) is 0 Å².